The smallest absolute Gasteiger partial charge is 0.289 e. The van der Waals surface area contributed by atoms with Gasteiger partial charge in [-0.3, -0.25) is 14.4 Å². The molecule has 190 valence electrons. The lowest BCUT2D eigenvalue weighted by molar-refractivity contribution is -0.137. The lowest BCUT2D eigenvalue weighted by Gasteiger charge is -2.41. The van der Waals surface area contributed by atoms with Gasteiger partial charge in [0.2, 0.25) is 11.8 Å². The van der Waals surface area contributed by atoms with E-state index in [1.165, 1.54) is 0 Å². The van der Waals surface area contributed by atoms with Gasteiger partial charge in [0.15, 0.2) is 5.76 Å². The number of nitrogens with one attached hydrogen (secondary N) is 2. The number of nitrogens with zero attached hydrogens (tertiary/aromatic N) is 1. The van der Waals surface area contributed by atoms with Gasteiger partial charge in [-0.15, -0.1) is 0 Å². The Hall–Kier alpha value is -3.07. The van der Waals surface area contributed by atoms with Gasteiger partial charge in [-0.25, -0.2) is 0 Å². The highest BCUT2D eigenvalue weighted by Crippen LogP contribution is 2.38. The van der Waals surface area contributed by atoms with Crippen LogP contribution < -0.4 is 15.4 Å². The van der Waals surface area contributed by atoms with Crippen LogP contribution >= 0.6 is 0 Å². The number of aryl methyl sites for hydroxylation is 1. The molecule has 0 unspecified atom stereocenters. The van der Waals surface area contributed by atoms with Crippen LogP contribution in [-0.2, 0) is 14.3 Å². The van der Waals surface area contributed by atoms with Gasteiger partial charge in [0.25, 0.3) is 5.91 Å². The van der Waals surface area contributed by atoms with Crippen LogP contribution in [0.1, 0.15) is 55.1 Å². The van der Waals surface area contributed by atoms with Gasteiger partial charge in [-0.1, -0.05) is 6.42 Å². The van der Waals surface area contributed by atoms with E-state index in [0.29, 0.717) is 69.2 Å². The molecule has 35 heavy (non-hydrogen) atoms. The zero-order valence-corrected chi connectivity index (χ0v) is 20.8. The van der Waals surface area contributed by atoms with Crippen LogP contribution in [0.2, 0.25) is 0 Å². The summed E-state index contributed by atoms with van der Waals surface area (Å²) in [5, 5.41) is 6.56. The lowest BCUT2D eigenvalue weighted by atomic mass is 9.73. The summed E-state index contributed by atoms with van der Waals surface area (Å²) in [6.45, 7) is 5.95. The topological polar surface area (TPSA) is 110 Å². The first-order chi connectivity index (χ1) is 16.8. The average molecular weight is 486 g/mol. The Labute approximate surface area is 205 Å². The van der Waals surface area contributed by atoms with Crippen molar-refractivity contribution in [2.45, 2.75) is 52.0 Å². The number of ether oxygens (including phenoxy) is 2. The Morgan fingerprint density at radius 2 is 1.91 bits per heavy atom. The minimum Gasteiger partial charge on any atom is -0.497 e. The Bertz CT molecular complexity index is 1090. The van der Waals surface area contributed by atoms with Gasteiger partial charge in [-0.2, -0.15) is 0 Å². The van der Waals surface area contributed by atoms with Crippen molar-refractivity contribution in [3.63, 3.8) is 0 Å². The summed E-state index contributed by atoms with van der Waals surface area (Å²) in [4.78, 5) is 40.8. The van der Waals surface area contributed by atoms with Gasteiger partial charge in [-0.05, 0) is 57.7 Å². The number of likely N-dealkylation sites (tertiary alicyclic amines) is 1. The minimum absolute atomic E-state index is 0.112. The summed E-state index contributed by atoms with van der Waals surface area (Å²) in [6, 6.07) is 4.85. The van der Waals surface area contributed by atoms with Crippen molar-refractivity contribution in [3.8, 4) is 5.75 Å². The monoisotopic (exact) mass is 485 g/mol. The van der Waals surface area contributed by atoms with E-state index in [2.05, 4.69) is 10.6 Å². The van der Waals surface area contributed by atoms with Crippen LogP contribution in [0.4, 0.5) is 0 Å². The number of benzene rings is 1. The second-order valence-electron chi connectivity index (χ2n) is 9.55. The lowest BCUT2D eigenvalue weighted by Crippen LogP contribution is -2.54. The predicted molar refractivity (Wildman–Crippen MR) is 130 cm³/mol. The number of hydrogen-bond acceptors (Lipinski definition) is 6. The van der Waals surface area contributed by atoms with Crippen LogP contribution in [0, 0.1) is 12.3 Å². The first kappa shape index (κ1) is 25.0. The van der Waals surface area contributed by atoms with Crippen molar-refractivity contribution in [2.24, 2.45) is 5.41 Å². The fraction of sp³-hybridized carbons (Fsp3) is 0.577. The van der Waals surface area contributed by atoms with Gasteiger partial charge in [0.05, 0.1) is 19.1 Å². The quantitative estimate of drug-likeness (QED) is 0.677. The zero-order valence-electron chi connectivity index (χ0n) is 20.8. The fourth-order valence-electron chi connectivity index (χ4n) is 4.99. The number of furan rings is 1. The molecule has 4 rings (SSSR count). The predicted octanol–water partition coefficient (Wildman–Crippen LogP) is 2.79. The van der Waals surface area contributed by atoms with E-state index in [1.807, 2.05) is 19.1 Å². The van der Waals surface area contributed by atoms with Crippen molar-refractivity contribution in [1.82, 2.24) is 15.5 Å². The average Bonchev–Trinajstić information content (AvgIpc) is 3.20. The highest BCUT2D eigenvalue weighted by atomic mass is 16.5. The molecule has 2 fully saturated rings. The van der Waals surface area contributed by atoms with E-state index in [9.17, 15) is 14.4 Å². The van der Waals surface area contributed by atoms with E-state index in [0.717, 1.165) is 23.8 Å². The molecule has 3 heterocycles. The molecule has 0 saturated carbocycles. The van der Waals surface area contributed by atoms with Crippen molar-refractivity contribution in [3.05, 3.63) is 29.5 Å². The number of carbonyl (C=O) groups excluding carboxylic acids is 3. The van der Waals surface area contributed by atoms with Crippen LogP contribution in [-0.4, -0.2) is 68.6 Å². The molecule has 2 aromatic rings. The molecular weight excluding hydrogens is 450 g/mol. The molecule has 3 amide bonds. The van der Waals surface area contributed by atoms with Crippen LogP contribution in [0.25, 0.3) is 11.0 Å². The molecule has 0 bridgehead atoms. The third-order valence-corrected chi connectivity index (χ3v) is 7.31. The molecule has 9 heteroatoms. The Balaban J connectivity index is 1.49. The highest BCUT2D eigenvalue weighted by molar-refractivity contribution is 5.99. The fourth-order valence-corrected chi connectivity index (χ4v) is 4.99. The van der Waals surface area contributed by atoms with Crippen molar-refractivity contribution in [1.29, 1.82) is 0 Å². The Morgan fingerprint density at radius 3 is 2.66 bits per heavy atom. The molecule has 0 radical (unpaired) electrons. The Kier molecular flexibility index (Phi) is 7.64. The summed E-state index contributed by atoms with van der Waals surface area (Å²) in [5.41, 5.74) is 0.809. The van der Waals surface area contributed by atoms with Crippen molar-refractivity contribution in [2.75, 3.05) is 40.0 Å². The summed E-state index contributed by atoms with van der Waals surface area (Å²) >= 11 is 0. The maximum Gasteiger partial charge on any atom is 0.289 e. The van der Waals surface area contributed by atoms with E-state index >= 15 is 0 Å². The maximum absolute atomic E-state index is 13.4. The SMILES string of the molecule is COc1ccc2oc(C(=O)N3CCC4(CCCCOCCNC(=O)[C@H](C)NC4=O)CC3)c(C)c2c1. The van der Waals surface area contributed by atoms with E-state index < -0.39 is 11.5 Å². The molecular formula is C26H35N3O6. The molecule has 2 aliphatic rings. The number of fused-ring (bicyclic) bond motifs is 1. The van der Waals surface area contributed by atoms with Gasteiger partial charge >= 0.3 is 0 Å². The van der Waals surface area contributed by atoms with E-state index in [1.54, 1.807) is 25.0 Å². The second-order valence-corrected chi connectivity index (χ2v) is 9.55. The summed E-state index contributed by atoms with van der Waals surface area (Å²) in [6.07, 6.45) is 3.46. The molecule has 2 aliphatic heterocycles. The number of rotatable bonds is 2. The van der Waals surface area contributed by atoms with Crippen LogP contribution in [0.15, 0.2) is 22.6 Å². The van der Waals surface area contributed by atoms with Crippen LogP contribution in [0.3, 0.4) is 0 Å². The third kappa shape index (κ3) is 5.29. The zero-order chi connectivity index (χ0) is 25.0. The van der Waals surface area contributed by atoms with Crippen molar-refractivity contribution >= 4 is 28.7 Å². The largest absolute Gasteiger partial charge is 0.497 e. The first-order valence-electron chi connectivity index (χ1n) is 12.4. The minimum atomic E-state index is -0.630. The molecule has 2 N–H and O–H groups in total. The summed E-state index contributed by atoms with van der Waals surface area (Å²) in [5.74, 6) is 0.531. The van der Waals surface area contributed by atoms with Gasteiger partial charge < -0.3 is 29.4 Å². The standard InChI is InChI=1S/C26H35N3O6/c1-17-20-16-19(33-3)6-7-21(20)35-22(17)24(31)29-12-9-26(10-13-29)8-4-5-14-34-15-11-27-23(30)18(2)28-25(26)32/h6-7,16,18H,4-5,8-15H2,1-3H3,(H,27,30)(H,28,32)/t18-/m0/s1. The highest BCUT2D eigenvalue weighted by Gasteiger charge is 2.43. The van der Waals surface area contributed by atoms with Crippen LogP contribution in [0.5, 0.6) is 5.75 Å². The number of carbonyl (C=O) groups is 3. The molecule has 0 aliphatic carbocycles. The summed E-state index contributed by atoms with van der Waals surface area (Å²) < 4.78 is 16.8. The molecule has 9 nitrogen and oxygen atoms in total. The van der Waals surface area contributed by atoms with Crippen molar-refractivity contribution < 1.29 is 28.3 Å². The molecule has 1 atom stereocenters. The Morgan fingerprint density at radius 1 is 1.14 bits per heavy atom. The second kappa shape index (κ2) is 10.7. The summed E-state index contributed by atoms with van der Waals surface area (Å²) in [7, 11) is 1.60. The normalized spacial score (nSPS) is 22.0. The maximum atomic E-state index is 13.4. The number of amides is 3. The third-order valence-electron chi connectivity index (χ3n) is 7.31. The molecule has 1 aromatic heterocycles. The van der Waals surface area contributed by atoms with Gasteiger partial charge in [0, 0.05) is 37.2 Å². The van der Waals surface area contributed by atoms with E-state index in [-0.39, 0.29) is 17.7 Å². The molecule has 1 spiro atoms. The number of hydrogen-bond donors (Lipinski definition) is 2. The van der Waals surface area contributed by atoms with E-state index in [4.69, 9.17) is 13.9 Å². The molecule has 1 aromatic carbocycles. The van der Waals surface area contributed by atoms with Gasteiger partial charge in [0.1, 0.15) is 17.4 Å². The first-order valence-corrected chi connectivity index (χ1v) is 12.4. The molecule has 2 saturated heterocycles. The number of methoxy groups -OCH3 is 1. The number of piperidine rings is 1.